The van der Waals surface area contributed by atoms with Gasteiger partial charge < -0.3 is 9.21 Å². The van der Waals surface area contributed by atoms with E-state index in [1.54, 1.807) is 6.07 Å². The molecule has 1 aromatic heterocycles. The molecule has 0 atom stereocenters. The fraction of sp³-hybridized carbons (Fsp3) is 0.100. The Morgan fingerprint density at radius 1 is 1.46 bits per heavy atom. The van der Waals surface area contributed by atoms with Crippen LogP contribution in [-0.4, -0.2) is 6.29 Å². The second-order valence-corrected chi connectivity index (χ2v) is 2.77. The summed E-state index contributed by atoms with van der Waals surface area (Å²) >= 11 is 0. The van der Waals surface area contributed by atoms with E-state index in [4.69, 9.17) is 4.42 Å². The van der Waals surface area contributed by atoms with E-state index in [0.29, 0.717) is 11.0 Å². The summed E-state index contributed by atoms with van der Waals surface area (Å²) in [7, 11) is 0. The van der Waals surface area contributed by atoms with Crippen molar-refractivity contribution in [3.05, 3.63) is 35.8 Å². The molecule has 1 heterocycles. The molecule has 0 aliphatic carbocycles. The molecule has 0 bridgehead atoms. The molecule has 66 valence electrons. The van der Waals surface area contributed by atoms with Crippen LogP contribution < -0.4 is 0 Å². The lowest BCUT2D eigenvalue weighted by atomic mass is 10.1. The van der Waals surface area contributed by atoms with Gasteiger partial charge in [0.15, 0.2) is 0 Å². The van der Waals surface area contributed by atoms with Crippen molar-refractivity contribution in [3.63, 3.8) is 0 Å². The normalized spacial score (nSPS) is 10.5. The van der Waals surface area contributed by atoms with Gasteiger partial charge in [-0.2, -0.15) is 0 Å². The Bertz CT molecular complexity index is 445. The van der Waals surface area contributed by atoms with E-state index in [2.05, 4.69) is 0 Å². The van der Waals surface area contributed by atoms with Crippen LogP contribution >= 0.6 is 0 Å². The van der Waals surface area contributed by atoms with Gasteiger partial charge in [-0.1, -0.05) is 0 Å². The average molecular weight is 178 g/mol. The molecule has 0 aliphatic heterocycles. The number of benzene rings is 1. The van der Waals surface area contributed by atoms with Crippen molar-refractivity contribution < 1.29 is 13.6 Å². The minimum absolute atomic E-state index is 0.260. The predicted molar refractivity (Wildman–Crippen MR) is 45.9 cm³/mol. The molecule has 2 aromatic rings. The van der Waals surface area contributed by atoms with E-state index in [9.17, 15) is 9.18 Å². The molecular formula is C10H7FO2. The minimum atomic E-state index is -0.318. The molecule has 2 rings (SSSR count). The number of hydrogen-bond donors (Lipinski definition) is 0. The fourth-order valence-corrected chi connectivity index (χ4v) is 1.30. The highest BCUT2D eigenvalue weighted by Crippen LogP contribution is 2.21. The Morgan fingerprint density at radius 2 is 2.31 bits per heavy atom. The molecule has 0 saturated carbocycles. The van der Waals surface area contributed by atoms with Gasteiger partial charge >= 0.3 is 0 Å². The first-order valence-corrected chi connectivity index (χ1v) is 3.90. The van der Waals surface area contributed by atoms with E-state index < -0.39 is 0 Å². The SMILES string of the molecule is O=CCc1coc2ccc(F)cc12. The molecule has 3 heteroatoms. The molecule has 0 amide bonds. The first-order chi connectivity index (χ1) is 6.31. The number of aldehydes is 1. The topological polar surface area (TPSA) is 30.2 Å². The van der Waals surface area contributed by atoms with Crippen molar-refractivity contribution >= 4 is 17.3 Å². The van der Waals surface area contributed by atoms with Crippen molar-refractivity contribution in [1.82, 2.24) is 0 Å². The lowest BCUT2D eigenvalue weighted by Crippen LogP contribution is -1.82. The van der Waals surface area contributed by atoms with Crippen LogP contribution in [0.25, 0.3) is 11.0 Å². The summed E-state index contributed by atoms with van der Waals surface area (Å²) in [6, 6.07) is 4.26. The van der Waals surface area contributed by atoms with Crippen molar-refractivity contribution in [3.8, 4) is 0 Å². The first-order valence-electron chi connectivity index (χ1n) is 3.90. The smallest absolute Gasteiger partial charge is 0.134 e. The van der Waals surface area contributed by atoms with Gasteiger partial charge in [0, 0.05) is 17.4 Å². The highest BCUT2D eigenvalue weighted by Gasteiger charge is 2.05. The molecule has 0 aliphatic rings. The summed E-state index contributed by atoms with van der Waals surface area (Å²) in [6.45, 7) is 0. The van der Waals surface area contributed by atoms with E-state index in [1.165, 1.54) is 18.4 Å². The van der Waals surface area contributed by atoms with Crippen LogP contribution in [0.3, 0.4) is 0 Å². The second-order valence-electron chi connectivity index (χ2n) is 2.77. The monoisotopic (exact) mass is 178 g/mol. The first kappa shape index (κ1) is 7.98. The van der Waals surface area contributed by atoms with E-state index >= 15 is 0 Å². The number of fused-ring (bicyclic) bond motifs is 1. The molecule has 1 aromatic carbocycles. The second kappa shape index (κ2) is 3.01. The molecule has 2 nitrogen and oxygen atoms in total. The zero-order valence-corrected chi connectivity index (χ0v) is 6.79. The van der Waals surface area contributed by atoms with Gasteiger partial charge in [-0.3, -0.25) is 0 Å². The van der Waals surface area contributed by atoms with E-state index in [1.807, 2.05) is 0 Å². The summed E-state index contributed by atoms with van der Waals surface area (Å²) in [5.41, 5.74) is 1.34. The number of rotatable bonds is 2. The van der Waals surface area contributed by atoms with Crippen LogP contribution in [0.4, 0.5) is 4.39 Å². The van der Waals surface area contributed by atoms with Crippen molar-refractivity contribution in [2.75, 3.05) is 0 Å². The third-order valence-corrected chi connectivity index (χ3v) is 1.92. The Labute approximate surface area is 74.0 Å². The van der Waals surface area contributed by atoms with Crippen molar-refractivity contribution in [1.29, 1.82) is 0 Å². The summed E-state index contributed by atoms with van der Waals surface area (Å²) in [4.78, 5) is 10.3. The van der Waals surface area contributed by atoms with Crippen LogP contribution in [-0.2, 0) is 11.2 Å². The predicted octanol–water partition coefficient (Wildman–Crippen LogP) is 2.31. The molecule has 0 N–H and O–H groups in total. The third-order valence-electron chi connectivity index (χ3n) is 1.92. The molecule has 0 spiro atoms. The zero-order valence-electron chi connectivity index (χ0n) is 6.79. The summed E-state index contributed by atoms with van der Waals surface area (Å²) in [6.07, 6.45) is 2.52. The number of furan rings is 1. The number of carbonyl (C=O) groups is 1. The summed E-state index contributed by atoms with van der Waals surface area (Å²) in [5.74, 6) is -0.318. The molecule has 0 unspecified atom stereocenters. The number of halogens is 1. The van der Waals surface area contributed by atoms with Crippen LogP contribution in [0.5, 0.6) is 0 Å². The van der Waals surface area contributed by atoms with Crippen molar-refractivity contribution in [2.24, 2.45) is 0 Å². The van der Waals surface area contributed by atoms with Crippen LogP contribution in [0.1, 0.15) is 5.56 Å². The van der Waals surface area contributed by atoms with Gasteiger partial charge in [-0.05, 0) is 18.2 Å². The molecular weight excluding hydrogens is 171 g/mol. The van der Waals surface area contributed by atoms with Crippen LogP contribution in [0.2, 0.25) is 0 Å². The molecule has 0 saturated heterocycles. The minimum Gasteiger partial charge on any atom is -0.464 e. The Hall–Kier alpha value is -1.64. The zero-order chi connectivity index (χ0) is 9.26. The highest BCUT2D eigenvalue weighted by atomic mass is 19.1. The molecule has 13 heavy (non-hydrogen) atoms. The average Bonchev–Trinajstić information content (AvgIpc) is 2.49. The van der Waals surface area contributed by atoms with Gasteiger partial charge in [0.25, 0.3) is 0 Å². The van der Waals surface area contributed by atoms with Gasteiger partial charge in [0.2, 0.25) is 0 Å². The lowest BCUT2D eigenvalue weighted by Gasteiger charge is -1.90. The summed E-state index contributed by atoms with van der Waals surface area (Å²) < 4.78 is 17.9. The quantitative estimate of drug-likeness (QED) is 0.660. The Morgan fingerprint density at radius 3 is 3.08 bits per heavy atom. The van der Waals surface area contributed by atoms with Crippen LogP contribution in [0, 0.1) is 5.82 Å². The maximum Gasteiger partial charge on any atom is 0.134 e. The maximum absolute atomic E-state index is 12.8. The van der Waals surface area contributed by atoms with Gasteiger partial charge in [0.05, 0.1) is 6.26 Å². The third kappa shape index (κ3) is 1.33. The fourth-order valence-electron chi connectivity index (χ4n) is 1.30. The largest absolute Gasteiger partial charge is 0.464 e. The number of carbonyl (C=O) groups excluding carboxylic acids is 1. The van der Waals surface area contributed by atoms with Gasteiger partial charge in [0.1, 0.15) is 17.7 Å². The standard InChI is InChI=1S/C10H7FO2/c11-8-1-2-10-9(5-8)7(3-4-12)6-13-10/h1-2,4-6H,3H2. The highest BCUT2D eigenvalue weighted by molar-refractivity contribution is 5.83. The summed E-state index contributed by atoms with van der Waals surface area (Å²) in [5, 5.41) is 0.673. The molecule has 0 fully saturated rings. The van der Waals surface area contributed by atoms with Gasteiger partial charge in [-0.15, -0.1) is 0 Å². The Kier molecular flexibility index (Phi) is 1.85. The number of hydrogen-bond acceptors (Lipinski definition) is 2. The van der Waals surface area contributed by atoms with E-state index in [-0.39, 0.29) is 12.2 Å². The van der Waals surface area contributed by atoms with E-state index in [0.717, 1.165) is 11.8 Å². The molecule has 0 radical (unpaired) electrons. The van der Waals surface area contributed by atoms with Crippen LogP contribution in [0.15, 0.2) is 28.9 Å². The van der Waals surface area contributed by atoms with Gasteiger partial charge in [-0.25, -0.2) is 4.39 Å². The van der Waals surface area contributed by atoms with Crippen molar-refractivity contribution in [2.45, 2.75) is 6.42 Å². The Balaban J connectivity index is 2.64. The maximum atomic E-state index is 12.8. The lowest BCUT2D eigenvalue weighted by molar-refractivity contribution is -0.107.